The van der Waals surface area contributed by atoms with Crippen LogP contribution >= 0.6 is 34.8 Å². The summed E-state index contributed by atoms with van der Waals surface area (Å²) in [5.74, 6) is 0.436. The van der Waals surface area contributed by atoms with Gasteiger partial charge in [0.2, 0.25) is 0 Å². The van der Waals surface area contributed by atoms with E-state index in [1.807, 2.05) is 26.0 Å². The standard InChI is InChI=1S/C24H31Cl3O6S/c1-5-34(30,31)13-18(28)12-32-19-8-6-16(7-9-19)23(2,3)17-10-20(26)22(21(27)11-17)33-15-24(4,29)14-25/h6-11,18,28-29H,5,12-15H2,1-4H3/t18-,24?/m0/s1. The van der Waals surface area contributed by atoms with Gasteiger partial charge in [-0.05, 0) is 42.3 Å². The van der Waals surface area contributed by atoms with Gasteiger partial charge in [-0.15, -0.1) is 11.6 Å². The Morgan fingerprint density at radius 1 is 1.00 bits per heavy atom. The highest BCUT2D eigenvalue weighted by Gasteiger charge is 2.27. The minimum atomic E-state index is -3.28. The van der Waals surface area contributed by atoms with E-state index in [1.165, 1.54) is 6.92 Å². The number of aliphatic hydroxyl groups excluding tert-OH is 1. The second-order valence-corrected chi connectivity index (χ2v) is 12.5. The van der Waals surface area contributed by atoms with Crippen LogP contribution < -0.4 is 9.47 Å². The van der Waals surface area contributed by atoms with Crippen molar-refractivity contribution in [3.63, 3.8) is 0 Å². The first kappa shape index (κ1) is 29.0. The first-order valence-electron chi connectivity index (χ1n) is 10.7. The molecule has 0 bridgehead atoms. The number of benzene rings is 2. The predicted molar refractivity (Wildman–Crippen MR) is 138 cm³/mol. The average molecular weight is 554 g/mol. The highest BCUT2D eigenvalue weighted by atomic mass is 35.5. The maximum Gasteiger partial charge on any atom is 0.156 e. The summed E-state index contributed by atoms with van der Waals surface area (Å²) in [6.45, 7) is 6.95. The number of alkyl halides is 1. The van der Waals surface area contributed by atoms with Crippen LogP contribution in [0.1, 0.15) is 38.8 Å². The van der Waals surface area contributed by atoms with Crippen LogP contribution in [0.5, 0.6) is 11.5 Å². The van der Waals surface area contributed by atoms with Crippen LogP contribution in [0.25, 0.3) is 0 Å². The molecule has 0 saturated carbocycles. The van der Waals surface area contributed by atoms with E-state index in [0.717, 1.165) is 11.1 Å². The third kappa shape index (κ3) is 7.90. The molecule has 2 rings (SSSR count). The Bertz CT molecular complexity index is 1050. The van der Waals surface area contributed by atoms with Gasteiger partial charge in [0.15, 0.2) is 15.6 Å². The Morgan fingerprint density at radius 2 is 1.56 bits per heavy atom. The smallest absolute Gasteiger partial charge is 0.156 e. The van der Waals surface area contributed by atoms with E-state index in [0.29, 0.717) is 15.8 Å². The van der Waals surface area contributed by atoms with Crippen LogP contribution in [0.2, 0.25) is 10.0 Å². The van der Waals surface area contributed by atoms with Crippen molar-refractivity contribution < 1.29 is 28.1 Å². The van der Waals surface area contributed by atoms with Gasteiger partial charge in [-0.3, -0.25) is 0 Å². The van der Waals surface area contributed by atoms with Crippen LogP contribution in [0.4, 0.5) is 0 Å². The molecule has 0 heterocycles. The second kappa shape index (κ2) is 11.7. The van der Waals surface area contributed by atoms with E-state index in [-0.39, 0.29) is 36.3 Å². The number of rotatable bonds is 12. The normalized spacial score (nSPS) is 15.0. The Labute approximate surface area is 216 Å². The summed E-state index contributed by atoms with van der Waals surface area (Å²) in [4.78, 5) is 0. The van der Waals surface area contributed by atoms with E-state index in [4.69, 9.17) is 44.3 Å². The minimum absolute atomic E-state index is 0.00383. The van der Waals surface area contributed by atoms with Crippen molar-refractivity contribution in [3.05, 3.63) is 57.6 Å². The minimum Gasteiger partial charge on any atom is -0.491 e. The van der Waals surface area contributed by atoms with Gasteiger partial charge in [0.1, 0.15) is 30.7 Å². The Kier molecular flexibility index (Phi) is 9.96. The molecule has 0 aliphatic carbocycles. The Balaban J connectivity index is 2.13. The van der Waals surface area contributed by atoms with Crippen LogP contribution in [0, 0.1) is 0 Å². The van der Waals surface area contributed by atoms with Gasteiger partial charge in [-0.2, -0.15) is 0 Å². The van der Waals surface area contributed by atoms with Gasteiger partial charge in [0.25, 0.3) is 0 Å². The summed E-state index contributed by atoms with van der Waals surface area (Å²) in [5.41, 5.74) is 0.129. The van der Waals surface area contributed by atoms with Crippen molar-refractivity contribution in [1.82, 2.24) is 0 Å². The zero-order valence-electron chi connectivity index (χ0n) is 19.6. The summed E-state index contributed by atoms with van der Waals surface area (Å²) < 4.78 is 34.4. The van der Waals surface area contributed by atoms with E-state index in [9.17, 15) is 18.6 Å². The van der Waals surface area contributed by atoms with Gasteiger partial charge in [0, 0.05) is 11.2 Å². The largest absolute Gasteiger partial charge is 0.491 e. The van der Waals surface area contributed by atoms with Gasteiger partial charge in [0.05, 0.1) is 21.7 Å². The first-order chi connectivity index (χ1) is 15.7. The molecule has 190 valence electrons. The molecule has 6 nitrogen and oxygen atoms in total. The molecule has 1 unspecified atom stereocenters. The summed E-state index contributed by atoms with van der Waals surface area (Å²) in [6, 6.07) is 10.8. The molecular weight excluding hydrogens is 523 g/mol. The third-order valence-electron chi connectivity index (χ3n) is 5.44. The van der Waals surface area contributed by atoms with Crippen molar-refractivity contribution in [2.45, 2.75) is 44.8 Å². The number of sulfone groups is 1. The summed E-state index contributed by atoms with van der Waals surface area (Å²) in [7, 11) is -3.28. The molecule has 0 fully saturated rings. The zero-order valence-corrected chi connectivity index (χ0v) is 22.7. The van der Waals surface area contributed by atoms with Crippen LogP contribution in [0.3, 0.4) is 0 Å². The molecular formula is C24H31Cl3O6S. The molecule has 0 spiro atoms. The molecule has 0 aromatic heterocycles. The maximum absolute atomic E-state index is 11.6. The average Bonchev–Trinajstić information content (AvgIpc) is 2.77. The Morgan fingerprint density at radius 3 is 2.06 bits per heavy atom. The van der Waals surface area contributed by atoms with Gasteiger partial charge >= 0.3 is 0 Å². The third-order valence-corrected chi connectivity index (χ3v) is 8.35. The van der Waals surface area contributed by atoms with Crippen molar-refractivity contribution >= 4 is 44.6 Å². The fourth-order valence-corrected chi connectivity index (χ4v) is 4.70. The van der Waals surface area contributed by atoms with Crippen LogP contribution in [-0.2, 0) is 15.3 Å². The molecule has 0 aliphatic rings. The summed E-state index contributed by atoms with van der Waals surface area (Å²) >= 11 is 18.6. The second-order valence-electron chi connectivity index (χ2n) is 9.00. The van der Waals surface area contributed by atoms with E-state index in [1.54, 1.807) is 31.2 Å². The van der Waals surface area contributed by atoms with E-state index < -0.39 is 27.0 Å². The van der Waals surface area contributed by atoms with Crippen molar-refractivity contribution in [2.24, 2.45) is 0 Å². The molecule has 2 atom stereocenters. The molecule has 0 aliphatic heterocycles. The molecule has 2 N–H and O–H groups in total. The number of halogens is 3. The Hall–Kier alpha value is -1.22. The molecule has 10 heteroatoms. The fourth-order valence-electron chi connectivity index (χ4n) is 3.11. The lowest BCUT2D eigenvalue weighted by Gasteiger charge is -2.28. The van der Waals surface area contributed by atoms with E-state index in [2.05, 4.69) is 0 Å². The predicted octanol–water partition coefficient (Wildman–Crippen LogP) is 4.86. The van der Waals surface area contributed by atoms with Gasteiger partial charge < -0.3 is 19.7 Å². The maximum atomic E-state index is 11.6. The van der Waals surface area contributed by atoms with Crippen molar-refractivity contribution in [2.75, 3.05) is 30.6 Å². The lowest BCUT2D eigenvalue weighted by molar-refractivity contribution is 0.0317. The van der Waals surface area contributed by atoms with Crippen LogP contribution in [-0.4, -0.2) is 60.9 Å². The lowest BCUT2D eigenvalue weighted by Crippen LogP contribution is -2.34. The molecule has 0 radical (unpaired) electrons. The molecule has 0 saturated heterocycles. The molecule has 34 heavy (non-hydrogen) atoms. The SMILES string of the molecule is CCS(=O)(=O)C[C@@H](O)COc1ccc(C(C)(C)c2cc(Cl)c(OCC(C)(O)CCl)c(Cl)c2)cc1. The first-order valence-corrected chi connectivity index (χ1v) is 13.8. The number of aliphatic hydroxyl groups is 2. The lowest BCUT2D eigenvalue weighted by atomic mass is 9.78. The van der Waals surface area contributed by atoms with E-state index >= 15 is 0 Å². The topological polar surface area (TPSA) is 93.1 Å². The number of hydrogen-bond acceptors (Lipinski definition) is 6. The number of ether oxygens (including phenoxy) is 2. The molecule has 0 amide bonds. The van der Waals surface area contributed by atoms with Gasteiger partial charge in [-0.1, -0.05) is 56.1 Å². The van der Waals surface area contributed by atoms with Crippen molar-refractivity contribution in [1.29, 1.82) is 0 Å². The van der Waals surface area contributed by atoms with Crippen molar-refractivity contribution in [3.8, 4) is 11.5 Å². The fraction of sp³-hybridized carbons (Fsp3) is 0.500. The number of hydrogen-bond donors (Lipinski definition) is 2. The van der Waals surface area contributed by atoms with Crippen LogP contribution in [0.15, 0.2) is 36.4 Å². The molecule has 2 aromatic rings. The monoisotopic (exact) mass is 552 g/mol. The molecule has 2 aromatic carbocycles. The zero-order chi connectivity index (χ0) is 25.7. The highest BCUT2D eigenvalue weighted by Crippen LogP contribution is 2.41. The quantitative estimate of drug-likeness (QED) is 0.365. The summed E-state index contributed by atoms with van der Waals surface area (Å²) in [5, 5.41) is 20.6. The summed E-state index contributed by atoms with van der Waals surface area (Å²) in [6.07, 6.45) is -1.10. The highest BCUT2D eigenvalue weighted by molar-refractivity contribution is 7.91. The van der Waals surface area contributed by atoms with Gasteiger partial charge in [-0.25, -0.2) is 8.42 Å².